The van der Waals surface area contributed by atoms with Gasteiger partial charge in [0.2, 0.25) is 5.91 Å². The SMILES string of the molecule is CCOc1cc(NC(=O)C(C)C(C)N)ccc1OC. The lowest BCUT2D eigenvalue weighted by Crippen LogP contribution is -2.34. The monoisotopic (exact) mass is 266 g/mol. The van der Waals surface area contributed by atoms with E-state index in [0.29, 0.717) is 23.8 Å². The minimum absolute atomic E-state index is 0.109. The number of anilines is 1. The number of carbonyl (C=O) groups is 1. The molecule has 19 heavy (non-hydrogen) atoms. The molecule has 0 heterocycles. The summed E-state index contributed by atoms with van der Waals surface area (Å²) in [6, 6.07) is 5.09. The van der Waals surface area contributed by atoms with Crippen molar-refractivity contribution < 1.29 is 14.3 Å². The van der Waals surface area contributed by atoms with E-state index in [4.69, 9.17) is 15.2 Å². The van der Waals surface area contributed by atoms with Gasteiger partial charge in [0.1, 0.15) is 0 Å². The Hall–Kier alpha value is -1.75. The first-order valence-corrected chi connectivity index (χ1v) is 6.36. The molecule has 0 bridgehead atoms. The summed E-state index contributed by atoms with van der Waals surface area (Å²) >= 11 is 0. The van der Waals surface area contributed by atoms with Crippen molar-refractivity contribution in [2.75, 3.05) is 19.0 Å². The van der Waals surface area contributed by atoms with Gasteiger partial charge in [-0.05, 0) is 26.0 Å². The molecule has 5 nitrogen and oxygen atoms in total. The van der Waals surface area contributed by atoms with E-state index in [1.54, 1.807) is 32.2 Å². The van der Waals surface area contributed by atoms with Gasteiger partial charge in [0.05, 0.1) is 19.6 Å². The molecule has 0 radical (unpaired) electrons. The molecule has 1 rings (SSSR count). The van der Waals surface area contributed by atoms with Gasteiger partial charge < -0.3 is 20.5 Å². The van der Waals surface area contributed by atoms with Gasteiger partial charge in [0, 0.05) is 17.8 Å². The quantitative estimate of drug-likeness (QED) is 0.826. The summed E-state index contributed by atoms with van der Waals surface area (Å²) in [4.78, 5) is 11.9. The first-order valence-electron chi connectivity index (χ1n) is 6.36. The van der Waals surface area contributed by atoms with Crippen LogP contribution in [0.15, 0.2) is 18.2 Å². The number of hydrogen-bond donors (Lipinski definition) is 2. The smallest absolute Gasteiger partial charge is 0.228 e. The van der Waals surface area contributed by atoms with Gasteiger partial charge in [-0.25, -0.2) is 0 Å². The Labute approximate surface area is 114 Å². The maximum Gasteiger partial charge on any atom is 0.228 e. The summed E-state index contributed by atoms with van der Waals surface area (Å²) < 4.78 is 10.6. The summed E-state index contributed by atoms with van der Waals surface area (Å²) in [5.74, 6) is 0.886. The van der Waals surface area contributed by atoms with Crippen molar-refractivity contribution in [3.05, 3.63) is 18.2 Å². The molecular weight excluding hydrogens is 244 g/mol. The maximum atomic E-state index is 11.9. The van der Waals surface area contributed by atoms with Gasteiger partial charge >= 0.3 is 0 Å². The number of methoxy groups -OCH3 is 1. The van der Waals surface area contributed by atoms with Gasteiger partial charge in [-0.2, -0.15) is 0 Å². The van der Waals surface area contributed by atoms with Gasteiger partial charge in [0.15, 0.2) is 11.5 Å². The summed E-state index contributed by atoms with van der Waals surface area (Å²) in [6.07, 6.45) is 0. The number of rotatable bonds is 6. The molecule has 0 aliphatic carbocycles. The van der Waals surface area contributed by atoms with Crippen molar-refractivity contribution in [2.45, 2.75) is 26.8 Å². The Morgan fingerprint density at radius 3 is 2.58 bits per heavy atom. The second kappa shape index (κ2) is 6.99. The molecule has 0 spiro atoms. The van der Waals surface area contributed by atoms with Crippen molar-refractivity contribution in [1.82, 2.24) is 0 Å². The average molecular weight is 266 g/mol. The molecule has 5 heteroatoms. The van der Waals surface area contributed by atoms with Crippen molar-refractivity contribution >= 4 is 11.6 Å². The topological polar surface area (TPSA) is 73.6 Å². The number of nitrogens with two attached hydrogens (primary N) is 1. The highest BCUT2D eigenvalue weighted by Crippen LogP contribution is 2.30. The molecule has 1 aromatic carbocycles. The number of benzene rings is 1. The van der Waals surface area contributed by atoms with Crippen LogP contribution in [0.3, 0.4) is 0 Å². The molecular formula is C14H22N2O3. The highest BCUT2D eigenvalue weighted by atomic mass is 16.5. The Balaban J connectivity index is 2.84. The number of amides is 1. The predicted molar refractivity (Wildman–Crippen MR) is 75.6 cm³/mol. The summed E-state index contributed by atoms with van der Waals surface area (Å²) in [6.45, 7) is 6.03. The first kappa shape index (κ1) is 15.3. The van der Waals surface area contributed by atoms with Crippen molar-refractivity contribution in [3.8, 4) is 11.5 Å². The van der Waals surface area contributed by atoms with Crippen LogP contribution in [-0.4, -0.2) is 25.7 Å². The lowest BCUT2D eigenvalue weighted by Gasteiger charge is -2.16. The molecule has 0 saturated heterocycles. The molecule has 2 unspecified atom stereocenters. The zero-order valence-electron chi connectivity index (χ0n) is 11.9. The molecule has 1 amide bonds. The lowest BCUT2D eigenvalue weighted by atomic mass is 10.0. The van der Waals surface area contributed by atoms with Crippen LogP contribution < -0.4 is 20.5 Å². The highest BCUT2D eigenvalue weighted by molar-refractivity contribution is 5.93. The molecule has 1 aromatic rings. The molecule has 106 valence electrons. The van der Waals surface area contributed by atoms with Crippen LogP contribution in [0.1, 0.15) is 20.8 Å². The molecule has 0 aliphatic rings. The Morgan fingerprint density at radius 1 is 1.37 bits per heavy atom. The average Bonchev–Trinajstić information content (AvgIpc) is 2.38. The van der Waals surface area contributed by atoms with Crippen LogP contribution in [0.2, 0.25) is 0 Å². The van der Waals surface area contributed by atoms with Crippen LogP contribution in [0.5, 0.6) is 11.5 Å². The van der Waals surface area contributed by atoms with Crippen molar-refractivity contribution in [2.24, 2.45) is 11.7 Å². The third kappa shape index (κ3) is 4.13. The molecule has 0 fully saturated rings. The van der Waals surface area contributed by atoms with Crippen LogP contribution in [0.4, 0.5) is 5.69 Å². The predicted octanol–water partition coefficient (Wildman–Crippen LogP) is 2.02. The number of hydrogen-bond acceptors (Lipinski definition) is 4. The summed E-state index contributed by atoms with van der Waals surface area (Å²) in [5.41, 5.74) is 6.38. The second-order valence-corrected chi connectivity index (χ2v) is 4.44. The summed E-state index contributed by atoms with van der Waals surface area (Å²) in [5, 5.41) is 2.82. The van der Waals surface area contributed by atoms with Crippen LogP contribution in [-0.2, 0) is 4.79 Å². The Morgan fingerprint density at radius 2 is 2.05 bits per heavy atom. The van der Waals surface area contributed by atoms with E-state index in [0.717, 1.165) is 0 Å². The van der Waals surface area contributed by atoms with Crippen molar-refractivity contribution in [1.29, 1.82) is 0 Å². The molecule has 0 saturated carbocycles. The largest absolute Gasteiger partial charge is 0.493 e. The minimum Gasteiger partial charge on any atom is -0.493 e. The normalized spacial score (nSPS) is 13.5. The number of nitrogens with one attached hydrogen (secondary N) is 1. The van der Waals surface area contributed by atoms with E-state index >= 15 is 0 Å². The molecule has 2 atom stereocenters. The minimum atomic E-state index is -0.252. The first-order chi connectivity index (χ1) is 8.99. The Bertz CT molecular complexity index is 433. The Kier molecular flexibility index (Phi) is 5.63. The number of ether oxygens (including phenoxy) is 2. The summed E-state index contributed by atoms with van der Waals surface area (Å²) in [7, 11) is 1.58. The fraction of sp³-hybridized carbons (Fsp3) is 0.500. The van der Waals surface area contributed by atoms with E-state index in [2.05, 4.69) is 5.32 Å². The van der Waals surface area contributed by atoms with E-state index in [9.17, 15) is 4.79 Å². The van der Waals surface area contributed by atoms with Gasteiger partial charge in [0.25, 0.3) is 0 Å². The van der Waals surface area contributed by atoms with Crippen LogP contribution in [0, 0.1) is 5.92 Å². The van der Waals surface area contributed by atoms with E-state index < -0.39 is 0 Å². The van der Waals surface area contributed by atoms with Crippen LogP contribution >= 0.6 is 0 Å². The van der Waals surface area contributed by atoms with Crippen molar-refractivity contribution in [3.63, 3.8) is 0 Å². The van der Waals surface area contributed by atoms with Crippen LogP contribution in [0.25, 0.3) is 0 Å². The third-order valence-electron chi connectivity index (χ3n) is 2.93. The zero-order valence-corrected chi connectivity index (χ0v) is 11.9. The van der Waals surface area contributed by atoms with Gasteiger partial charge in [-0.3, -0.25) is 4.79 Å². The van der Waals surface area contributed by atoms with E-state index in [-0.39, 0.29) is 17.9 Å². The molecule has 0 aliphatic heterocycles. The highest BCUT2D eigenvalue weighted by Gasteiger charge is 2.17. The maximum absolute atomic E-state index is 11.9. The number of carbonyl (C=O) groups excluding carboxylic acids is 1. The lowest BCUT2D eigenvalue weighted by molar-refractivity contribution is -0.119. The van der Waals surface area contributed by atoms with Gasteiger partial charge in [-0.1, -0.05) is 6.92 Å². The zero-order chi connectivity index (χ0) is 14.4. The second-order valence-electron chi connectivity index (χ2n) is 4.44. The van der Waals surface area contributed by atoms with E-state index in [1.807, 2.05) is 13.8 Å². The fourth-order valence-corrected chi connectivity index (χ4v) is 1.52. The third-order valence-corrected chi connectivity index (χ3v) is 2.93. The standard InChI is InChI=1S/C14H22N2O3/c1-5-19-13-8-11(6-7-12(13)18-4)16-14(17)9(2)10(3)15/h6-10H,5,15H2,1-4H3,(H,16,17). The fourth-order valence-electron chi connectivity index (χ4n) is 1.52. The van der Waals surface area contributed by atoms with Gasteiger partial charge in [-0.15, -0.1) is 0 Å². The van der Waals surface area contributed by atoms with E-state index in [1.165, 1.54) is 0 Å². The molecule has 0 aromatic heterocycles. The molecule has 3 N–H and O–H groups in total.